The number of likely N-dealkylation sites (tertiary alicyclic amines) is 1. The number of carbonyl (C=O) groups is 1. The highest BCUT2D eigenvalue weighted by atomic mass is 35.5. The average molecular weight is 338 g/mol. The molecule has 0 aliphatic carbocycles. The number of hydrogen-bond donors (Lipinski definition) is 1. The summed E-state index contributed by atoms with van der Waals surface area (Å²) in [5.74, 6) is -0.621. The van der Waals surface area contributed by atoms with E-state index in [-0.39, 0.29) is 11.7 Å². The van der Waals surface area contributed by atoms with Crippen LogP contribution in [0.1, 0.15) is 22.5 Å². The van der Waals surface area contributed by atoms with Gasteiger partial charge >= 0.3 is 0 Å². The van der Waals surface area contributed by atoms with Crippen LogP contribution in [-0.2, 0) is 13.1 Å². The van der Waals surface area contributed by atoms with Crippen LogP contribution < -0.4 is 5.73 Å². The first-order valence-electron chi connectivity index (χ1n) is 7.34. The minimum Gasteiger partial charge on any atom is -0.364 e. The summed E-state index contributed by atoms with van der Waals surface area (Å²) < 4.78 is 15.4. The second kappa shape index (κ2) is 6.64. The molecule has 8 heteroatoms. The molecule has 2 heterocycles. The van der Waals surface area contributed by atoms with Crippen LogP contribution in [0.5, 0.6) is 0 Å². The number of nitrogens with two attached hydrogens (primary N) is 1. The molecule has 0 saturated carbocycles. The first kappa shape index (κ1) is 15.9. The maximum atomic E-state index is 13.8. The average Bonchev–Trinajstić information content (AvgIpc) is 3.09. The van der Waals surface area contributed by atoms with E-state index in [1.54, 1.807) is 0 Å². The molecule has 2 atom stereocenters. The van der Waals surface area contributed by atoms with Crippen molar-refractivity contribution in [2.45, 2.75) is 31.7 Å². The Morgan fingerprint density at radius 2 is 2.13 bits per heavy atom. The zero-order valence-corrected chi connectivity index (χ0v) is 13.2. The lowest BCUT2D eigenvalue weighted by molar-refractivity contribution is 0.0995. The SMILES string of the molecule is NC(=O)c1cn(C[C@@H]2C[C@H](F)CN2Cc2ccc(Cl)cc2)nn1. The fourth-order valence-corrected chi connectivity index (χ4v) is 2.97. The van der Waals surface area contributed by atoms with Crippen LogP contribution in [0.25, 0.3) is 0 Å². The Morgan fingerprint density at radius 1 is 1.39 bits per heavy atom. The Hall–Kier alpha value is -1.99. The van der Waals surface area contributed by atoms with Gasteiger partial charge in [0, 0.05) is 24.2 Å². The summed E-state index contributed by atoms with van der Waals surface area (Å²) >= 11 is 5.89. The summed E-state index contributed by atoms with van der Waals surface area (Å²) in [5, 5.41) is 8.26. The van der Waals surface area contributed by atoms with Gasteiger partial charge in [-0.2, -0.15) is 0 Å². The lowest BCUT2D eigenvalue weighted by atomic mass is 10.2. The van der Waals surface area contributed by atoms with Gasteiger partial charge in [0.25, 0.3) is 5.91 Å². The maximum absolute atomic E-state index is 13.8. The molecule has 0 bridgehead atoms. The fourth-order valence-electron chi connectivity index (χ4n) is 2.85. The number of benzene rings is 1. The van der Waals surface area contributed by atoms with E-state index in [0.29, 0.717) is 31.1 Å². The normalized spacial score (nSPS) is 21.7. The number of hydrogen-bond acceptors (Lipinski definition) is 4. The number of halogens is 2. The molecule has 1 aromatic carbocycles. The second-order valence-corrected chi connectivity index (χ2v) is 6.17. The van der Waals surface area contributed by atoms with Gasteiger partial charge in [0.1, 0.15) is 6.17 Å². The lowest BCUT2D eigenvalue weighted by Crippen LogP contribution is -2.32. The topological polar surface area (TPSA) is 77.0 Å². The van der Waals surface area contributed by atoms with Crippen LogP contribution >= 0.6 is 11.6 Å². The molecule has 0 unspecified atom stereocenters. The van der Waals surface area contributed by atoms with Crippen molar-refractivity contribution < 1.29 is 9.18 Å². The van der Waals surface area contributed by atoms with Crippen LogP contribution in [0.4, 0.5) is 4.39 Å². The van der Waals surface area contributed by atoms with Crippen molar-refractivity contribution >= 4 is 17.5 Å². The van der Waals surface area contributed by atoms with Gasteiger partial charge in [-0.3, -0.25) is 14.4 Å². The Bertz CT molecular complexity index is 689. The molecule has 1 saturated heterocycles. The van der Waals surface area contributed by atoms with Crippen LogP contribution in [0.15, 0.2) is 30.5 Å². The minimum atomic E-state index is -0.869. The molecule has 2 aromatic rings. The van der Waals surface area contributed by atoms with Crippen molar-refractivity contribution in [3.63, 3.8) is 0 Å². The molecular formula is C15H17ClFN5O. The first-order chi connectivity index (χ1) is 11.0. The smallest absolute Gasteiger partial charge is 0.270 e. The van der Waals surface area contributed by atoms with E-state index in [1.165, 1.54) is 10.9 Å². The van der Waals surface area contributed by atoms with Gasteiger partial charge in [0.05, 0.1) is 12.7 Å². The molecule has 2 N–H and O–H groups in total. The van der Waals surface area contributed by atoms with E-state index < -0.39 is 12.1 Å². The highest BCUT2D eigenvalue weighted by Crippen LogP contribution is 2.24. The number of primary amides is 1. The van der Waals surface area contributed by atoms with E-state index in [9.17, 15) is 9.18 Å². The minimum absolute atomic E-state index is 0.0110. The molecule has 1 aromatic heterocycles. The Labute approximate surface area is 138 Å². The molecular weight excluding hydrogens is 321 g/mol. The molecule has 1 amide bonds. The van der Waals surface area contributed by atoms with E-state index in [0.717, 1.165) is 5.56 Å². The largest absolute Gasteiger partial charge is 0.364 e. The van der Waals surface area contributed by atoms with E-state index in [1.807, 2.05) is 24.3 Å². The van der Waals surface area contributed by atoms with Crippen molar-refractivity contribution in [1.82, 2.24) is 19.9 Å². The molecule has 0 radical (unpaired) electrons. The molecule has 1 aliphatic heterocycles. The molecule has 6 nitrogen and oxygen atoms in total. The van der Waals surface area contributed by atoms with E-state index in [4.69, 9.17) is 17.3 Å². The van der Waals surface area contributed by atoms with E-state index >= 15 is 0 Å². The van der Waals surface area contributed by atoms with Gasteiger partial charge in [-0.15, -0.1) is 5.10 Å². The van der Waals surface area contributed by atoms with Gasteiger partial charge in [-0.05, 0) is 24.1 Å². The van der Waals surface area contributed by atoms with E-state index in [2.05, 4.69) is 15.2 Å². The maximum Gasteiger partial charge on any atom is 0.270 e. The number of carbonyl (C=O) groups excluding carboxylic acids is 1. The van der Waals surface area contributed by atoms with Crippen molar-refractivity contribution in [3.05, 3.63) is 46.7 Å². The molecule has 23 heavy (non-hydrogen) atoms. The van der Waals surface area contributed by atoms with Crippen LogP contribution in [0.2, 0.25) is 5.02 Å². The summed E-state index contributed by atoms with van der Waals surface area (Å²) in [6.07, 6.45) is 1.06. The monoisotopic (exact) mass is 337 g/mol. The predicted molar refractivity (Wildman–Crippen MR) is 83.7 cm³/mol. The lowest BCUT2D eigenvalue weighted by Gasteiger charge is -2.23. The van der Waals surface area contributed by atoms with Crippen molar-refractivity contribution in [2.75, 3.05) is 6.54 Å². The van der Waals surface area contributed by atoms with Crippen LogP contribution in [0.3, 0.4) is 0 Å². The highest BCUT2D eigenvalue weighted by molar-refractivity contribution is 6.30. The summed E-state index contributed by atoms with van der Waals surface area (Å²) in [6.45, 7) is 1.48. The second-order valence-electron chi connectivity index (χ2n) is 5.73. The quantitative estimate of drug-likeness (QED) is 0.899. The highest BCUT2D eigenvalue weighted by Gasteiger charge is 2.32. The number of rotatable bonds is 5. The van der Waals surface area contributed by atoms with Crippen LogP contribution in [0, 0.1) is 0 Å². The van der Waals surface area contributed by atoms with Gasteiger partial charge in [-0.1, -0.05) is 28.9 Å². The number of aromatic nitrogens is 3. The molecule has 122 valence electrons. The van der Waals surface area contributed by atoms with Gasteiger partial charge in [-0.25, -0.2) is 4.39 Å². The molecule has 1 fully saturated rings. The molecule has 1 aliphatic rings. The first-order valence-corrected chi connectivity index (χ1v) is 7.71. The fraction of sp³-hybridized carbons (Fsp3) is 0.400. The Kier molecular flexibility index (Phi) is 4.58. The third kappa shape index (κ3) is 3.86. The molecule has 3 rings (SSSR count). The third-order valence-electron chi connectivity index (χ3n) is 3.96. The summed E-state index contributed by atoms with van der Waals surface area (Å²) in [4.78, 5) is 13.1. The number of nitrogens with zero attached hydrogens (tertiary/aromatic N) is 4. The number of alkyl halides is 1. The van der Waals surface area contributed by atoms with Crippen molar-refractivity contribution in [3.8, 4) is 0 Å². The van der Waals surface area contributed by atoms with Gasteiger partial charge in [0.2, 0.25) is 0 Å². The zero-order chi connectivity index (χ0) is 16.4. The van der Waals surface area contributed by atoms with Gasteiger partial charge < -0.3 is 5.73 Å². The summed E-state index contributed by atoms with van der Waals surface area (Å²) in [5.41, 5.74) is 6.35. The van der Waals surface area contributed by atoms with Crippen molar-refractivity contribution in [1.29, 1.82) is 0 Å². The Morgan fingerprint density at radius 3 is 2.78 bits per heavy atom. The number of amides is 1. The standard InChI is InChI=1S/C15H17ClFN5O/c16-11-3-1-10(2-4-11)6-21-7-12(17)5-13(21)8-22-9-14(15(18)23)19-20-22/h1-4,9,12-13H,5-8H2,(H2,18,23)/t12-,13-/m0/s1. The van der Waals surface area contributed by atoms with Crippen molar-refractivity contribution in [2.24, 2.45) is 5.73 Å². The molecule has 0 spiro atoms. The van der Waals surface area contributed by atoms with Crippen LogP contribution in [-0.4, -0.2) is 44.6 Å². The predicted octanol–water partition coefficient (Wildman–Crippen LogP) is 1.64. The Balaban J connectivity index is 1.68. The third-order valence-corrected chi connectivity index (χ3v) is 4.22. The zero-order valence-electron chi connectivity index (χ0n) is 12.4. The summed E-state index contributed by atoms with van der Waals surface area (Å²) in [7, 11) is 0. The summed E-state index contributed by atoms with van der Waals surface area (Å²) in [6, 6.07) is 7.51. The van der Waals surface area contributed by atoms with Gasteiger partial charge in [0.15, 0.2) is 5.69 Å².